The van der Waals surface area contributed by atoms with Crippen LogP contribution in [0.3, 0.4) is 0 Å². The van der Waals surface area contributed by atoms with Gasteiger partial charge in [-0.05, 0) is 23.8 Å². The van der Waals surface area contributed by atoms with E-state index >= 15 is 0 Å². The number of ether oxygens (including phenoxy) is 1. The van der Waals surface area contributed by atoms with E-state index in [2.05, 4.69) is 4.74 Å². The molecule has 2 rings (SSSR count). The summed E-state index contributed by atoms with van der Waals surface area (Å²) < 4.78 is 35.9. The van der Waals surface area contributed by atoms with Crippen molar-refractivity contribution in [2.75, 3.05) is 7.11 Å². The van der Waals surface area contributed by atoms with Crippen molar-refractivity contribution in [2.45, 2.75) is 6.42 Å². The van der Waals surface area contributed by atoms with Crippen LogP contribution in [0, 0.1) is 11.6 Å². The third kappa shape index (κ3) is 2.74. The average Bonchev–Trinajstić information content (AvgIpc) is 2.93. The van der Waals surface area contributed by atoms with Crippen LogP contribution >= 0.6 is 0 Å². The molecule has 1 aromatic carbocycles. The second kappa shape index (κ2) is 5.64. The summed E-state index contributed by atoms with van der Waals surface area (Å²) in [6, 6.07) is 6.14. The number of furan rings is 1. The lowest BCUT2D eigenvalue weighted by atomic mass is 10.1. The monoisotopic (exact) mass is 280 g/mol. The molecule has 20 heavy (non-hydrogen) atoms. The second-order valence-electron chi connectivity index (χ2n) is 3.97. The van der Waals surface area contributed by atoms with E-state index in [-0.39, 0.29) is 23.5 Å². The van der Waals surface area contributed by atoms with E-state index in [0.29, 0.717) is 0 Å². The van der Waals surface area contributed by atoms with Gasteiger partial charge in [-0.3, -0.25) is 4.79 Å². The summed E-state index contributed by atoms with van der Waals surface area (Å²) in [5.41, 5.74) is -0.0778. The van der Waals surface area contributed by atoms with Crippen LogP contribution in [0.1, 0.15) is 26.7 Å². The Bertz CT molecular complexity index is 661. The number of hydrogen-bond donors (Lipinski definition) is 0. The van der Waals surface area contributed by atoms with Crippen molar-refractivity contribution in [1.82, 2.24) is 0 Å². The van der Waals surface area contributed by atoms with Crippen LogP contribution in [-0.2, 0) is 11.2 Å². The number of benzene rings is 1. The highest BCUT2D eigenvalue weighted by Crippen LogP contribution is 2.16. The Balaban J connectivity index is 2.18. The van der Waals surface area contributed by atoms with Gasteiger partial charge in [0.1, 0.15) is 0 Å². The molecule has 0 amide bonds. The highest BCUT2D eigenvalue weighted by Gasteiger charge is 2.18. The van der Waals surface area contributed by atoms with Gasteiger partial charge < -0.3 is 9.15 Å². The number of esters is 1. The van der Waals surface area contributed by atoms with E-state index in [0.717, 1.165) is 6.07 Å². The summed E-state index contributed by atoms with van der Waals surface area (Å²) in [5.74, 6) is -3.62. The van der Waals surface area contributed by atoms with Crippen molar-refractivity contribution in [3.05, 3.63) is 59.1 Å². The van der Waals surface area contributed by atoms with Crippen molar-refractivity contribution < 1.29 is 27.5 Å². The Hall–Kier alpha value is -2.50. The third-order valence-electron chi connectivity index (χ3n) is 2.65. The molecule has 0 saturated heterocycles. The maximum atomic E-state index is 13.4. The molecule has 0 aliphatic carbocycles. The van der Waals surface area contributed by atoms with E-state index in [1.54, 1.807) is 0 Å². The first-order chi connectivity index (χ1) is 9.52. The summed E-state index contributed by atoms with van der Waals surface area (Å²) in [5, 5.41) is 0. The standard InChI is InChI=1S/C14H10F2O4/c1-19-14(18)12-6-5-11(20-12)10(17)7-8-3-2-4-9(15)13(8)16/h2-6H,7H2,1H3. The summed E-state index contributed by atoms with van der Waals surface area (Å²) in [7, 11) is 1.18. The highest BCUT2D eigenvalue weighted by atomic mass is 19.2. The molecule has 0 radical (unpaired) electrons. The van der Waals surface area contributed by atoms with E-state index < -0.39 is 23.4 Å². The number of carbonyl (C=O) groups is 2. The SMILES string of the molecule is COC(=O)c1ccc(C(=O)Cc2cccc(F)c2F)o1. The van der Waals surface area contributed by atoms with Gasteiger partial charge in [-0.25, -0.2) is 13.6 Å². The van der Waals surface area contributed by atoms with Crippen LogP contribution in [0.2, 0.25) is 0 Å². The quantitative estimate of drug-likeness (QED) is 0.638. The van der Waals surface area contributed by atoms with Crippen LogP contribution in [0.25, 0.3) is 0 Å². The second-order valence-corrected chi connectivity index (χ2v) is 3.97. The fourth-order valence-electron chi connectivity index (χ4n) is 1.64. The highest BCUT2D eigenvalue weighted by molar-refractivity contribution is 5.96. The Morgan fingerprint density at radius 1 is 1.15 bits per heavy atom. The maximum absolute atomic E-state index is 13.4. The van der Waals surface area contributed by atoms with Crippen LogP contribution in [0.5, 0.6) is 0 Å². The fraction of sp³-hybridized carbons (Fsp3) is 0.143. The van der Waals surface area contributed by atoms with Crippen LogP contribution in [0.4, 0.5) is 8.78 Å². The topological polar surface area (TPSA) is 56.5 Å². The zero-order valence-electron chi connectivity index (χ0n) is 10.5. The molecule has 0 aliphatic heterocycles. The number of methoxy groups -OCH3 is 1. The normalized spacial score (nSPS) is 10.3. The number of Topliss-reactive ketones (excluding diaryl/α,β-unsaturated/α-hetero) is 1. The number of ketones is 1. The lowest BCUT2D eigenvalue weighted by Gasteiger charge is -2.01. The molecule has 0 atom stereocenters. The third-order valence-corrected chi connectivity index (χ3v) is 2.65. The molecule has 0 bridgehead atoms. The first-order valence-corrected chi connectivity index (χ1v) is 5.67. The van der Waals surface area contributed by atoms with Crippen molar-refractivity contribution >= 4 is 11.8 Å². The summed E-state index contributed by atoms with van der Waals surface area (Å²) in [6.45, 7) is 0. The summed E-state index contributed by atoms with van der Waals surface area (Å²) in [4.78, 5) is 23.0. The number of carbonyl (C=O) groups excluding carboxylic acids is 2. The van der Waals surface area contributed by atoms with Gasteiger partial charge in [0.05, 0.1) is 7.11 Å². The number of halogens is 2. The maximum Gasteiger partial charge on any atom is 0.373 e. The molecule has 0 unspecified atom stereocenters. The van der Waals surface area contributed by atoms with E-state index in [1.807, 2.05) is 0 Å². The molecule has 0 fully saturated rings. The molecule has 4 nitrogen and oxygen atoms in total. The molecule has 1 heterocycles. The van der Waals surface area contributed by atoms with Gasteiger partial charge >= 0.3 is 5.97 Å². The summed E-state index contributed by atoms with van der Waals surface area (Å²) in [6.07, 6.45) is -0.363. The molecule has 104 valence electrons. The largest absolute Gasteiger partial charge is 0.463 e. The van der Waals surface area contributed by atoms with Crippen molar-refractivity contribution in [1.29, 1.82) is 0 Å². The van der Waals surface area contributed by atoms with Gasteiger partial charge in [0, 0.05) is 6.42 Å². The lowest BCUT2D eigenvalue weighted by molar-refractivity contribution is 0.0563. The number of hydrogen-bond acceptors (Lipinski definition) is 4. The molecule has 6 heteroatoms. The Morgan fingerprint density at radius 2 is 1.85 bits per heavy atom. The van der Waals surface area contributed by atoms with E-state index in [1.165, 1.54) is 31.4 Å². The first-order valence-electron chi connectivity index (χ1n) is 5.67. The molecule has 0 saturated carbocycles. The van der Waals surface area contributed by atoms with Crippen molar-refractivity contribution in [3.63, 3.8) is 0 Å². The van der Waals surface area contributed by atoms with Crippen molar-refractivity contribution in [2.24, 2.45) is 0 Å². The minimum absolute atomic E-state index is 0.0778. The Kier molecular flexibility index (Phi) is 3.93. The van der Waals surface area contributed by atoms with Crippen LogP contribution < -0.4 is 0 Å². The van der Waals surface area contributed by atoms with Gasteiger partial charge in [-0.2, -0.15) is 0 Å². The molecule has 0 spiro atoms. The molecule has 2 aromatic rings. The van der Waals surface area contributed by atoms with E-state index in [4.69, 9.17) is 4.42 Å². The first kappa shape index (κ1) is 13.9. The van der Waals surface area contributed by atoms with Gasteiger partial charge in [-0.15, -0.1) is 0 Å². The van der Waals surface area contributed by atoms with E-state index in [9.17, 15) is 18.4 Å². The smallest absolute Gasteiger partial charge is 0.373 e. The molecule has 0 aliphatic rings. The van der Waals surface area contributed by atoms with Crippen molar-refractivity contribution in [3.8, 4) is 0 Å². The summed E-state index contributed by atoms with van der Waals surface area (Å²) >= 11 is 0. The zero-order valence-corrected chi connectivity index (χ0v) is 10.5. The molecule has 1 aromatic heterocycles. The lowest BCUT2D eigenvalue weighted by Crippen LogP contribution is -2.05. The van der Waals surface area contributed by atoms with Gasteiger partial charge in [0.15, 0.2) is 17.4 Å². The molecule has 0 N–H and O–H groups in total. The zero-order chi connectivity index (χ0) is 14.7. The van der Waals surface area contributed by atoms with Gasteiger partial charge in [-0.1, -0.05) is 12.1 Å². The predicted octanol–water partition coefficient (Wildman–Crippen LogP) is 2.77. The van der Waals surface area contributed by atoms with Crippen LogP contribution in [0.15, 0.2) is 34.7 Å². The van der Waals surface area contributed by atoms with Gasteiger partial charge in [0.2, 0.25) is 11.5 Å². The Morgan fingerprint density at radius 3 is 2.55 bits per heavy atom. The number of rotatable bonds is 4. The minimum atomic E-state index is -1.07. The Labute approximate surface area is 113 Å². The predicted molar refractivity (Wildman–Crippen MR) is 64.4 cm³/mol. The fourth-order valence-corrected chi connectivity index (χ4v) is 1.64. The van der Waals surface area contributed by atoms with Crippen LogP contribution in [-0.4, -0.2) is 18.9 Å². The molecular formula is C14H10F2O4. The average molecular weight is 280 g/mol. The molecular weight excluding hydrogens is 270 g/mol. The minimum Gasteiger partial charge on any atom is -0.463 e. The van der Waals surface area contributed by atoms with Gasteiger partial charge in [0.25, 0.3) is 0 Å².